The number of carbonyl (C=O) groups is 1. The van der Waals surface area contributed by atoms with E-state index in [1.54, 1.807) is 18.2 Å². The Kier molecular flexibility index (Phi) is 3.90. The molecule has 0 atom stereocenters. The summed E-state index contributed by atoms with van der Waals surface area (Å²) in [5.74, 6) is -0.145. The number of aliphatic hydroxyl groups is 1. The molecule has 1 aromatic carbocycles. The number of carbonyl (C=O) groups excluding carboxylic acids is 1. The first-order chi connectivity index (χ1) is 6.15. The lowest BCUT2D eigenvalue weighted by Crippen LogP contribution is -2.02. The number of aliphatic hydroxyl groups excluding tert-OH is 1. The molecule has 4 heteroatoms. The van der Waals surface area contributed by atoms with Gasteiger partial charge in [-0.05, 0) is 18.2 Å². The van der Waals surface area contributed by atoms with Gasteiger partial charge in [0.05, 0.1) is 11.6 Å². The van der Waals surface area contributed by atoms with E-state index in [2.05, 4.69) is 15.9 Å². The highest BCUT2D eigenvalue weighted by molar-refractivity contribution is 9.10. The lowest BCUT2D eigenvalue weighted by molar-refractivity contribution is 0.0957. The van der Waals surface area contributed by atoms with E-state index in [0.717, 1.165) is 4.47 Å². The fraction of sp³-hybridized carbons (Fsp3) is 0.222. The summed E-state index contributed by atoms with van der Waals surface area (Å²) in [5.41, 5.74) is 0.449. The molecule has 70 valence electrons. The molecule has 0 bridgehead atoms. The zero-order valence-electron chi connectivity index (χ0n) is 6.76. The number of halogens is 2. The van der Waals surface area contributed by atoms with Crippen LogP contribution in [0.15, 0.2) is 22.7 Å². The Balaban J connectivity index is 2.99. The first-order valence-corrected chi connectivity index (χ1v) is 4.91. The first kappa shape index (κ1) is 10.7. The van der Waals surface area contributed by atoms with Gasteiger partial charge in [0.2, 0.25) is 0 Å². The molecule has 0 saturated carbocycles. The number of ketones is 1. The highest BCUT2D eigenvalue weighted by Crippen LogP contribution is 2.21. The van der Waals surface area contributed by atoms with Crippen LogP contribution in [0.4, 0.5) is 0 Å². The first-order valence-electron chi connectivity index (χ1n) is 3.74. The van der Waals surface area contributed by atoms with E-state index >= 15 is 0 Å². The van der Waals surface area contributed by atoms with Crippen molar-refractivity contribution >= 4 is 33.3 Å². The number of benzene rings is 1. The third-order valence-electron chi connectivity index (χ3n) is 1.57. The van der Waals surface area contributed by atoms with Crippen LogP contribution in [0.25, 0.3) is 0 Å². The molecule has 13 heavy (non-hydrogen) atoms. The molecule has 0 heterocycles. The number of hydrogen-bond donors (Lipinski definition) is 1. The number of hydrogen-bond acceptors (Lipinski definition) is 2. The van der Waals surface area contributed by atoms with Gasteiger partial charge in [-0.1, -0.05) is 27.5 Å². The molecular weight excluding hydrogens is 255 g/mol. The molecule has 1 rings (SSSR count). The average Bonchev–Trinajstić information content (AvgIpc) is 2.09. The summed E-state index contributed by atoms with van der Waals surface area (Å²) >= 11 is 9.05. The van der Waals surface area contributed by atoms with E-state index in [9.17, 15) is 4.79 Å². The monoisotopic (exact) mass is 262 g/mol. The summed E-state index contributed by atoms with van der Waals surface area (Å²) in [4.78, 5) is 11.4. The van der Waals surface area contributed by atoms with Crippen molar-refractivity contribution in [1.82, 2.24) is 0 Å². The third-order valence-corrected chi connectivity index (χ3v) is 2.39. The fourth-order valence-electron chi connectivity index (χ4n) is 0.947. The van der Waals surface area contributed by atoms with Crippen molar-refractivity contribution in [3.05, 3.63) is 33.3 Å². The van der Waals surface area contributed by atoms with Gasteiger partial charge in [-0.2, -0.15) is 0 Å². The van der Waals surface area contributed by atoms with E-state index < -0.39 is 0 Å². The van der Waals surface area contributed by atoms with Crippen LogP contribution in [-0.4, -0.2) is 17.5 Å². The normalized spacial score (nSPS) is 10.1. The summed E-state index contributed by atoms with van der Waals surface area (Å²) in [7, 11) is 0. The van der Waals surface area contributed by atoms with Crippen molar-refractivity contribution in [2.75, 3.05) is 6.61 Å². The van der Waals surface area contributed by atoms with Crippen LogP contribution < -0.4 is 0 Å². The van der Waals surface area contributed by atoms with Crippen LogP contribution in [-0.2, 0) is 0 Å². The van der Waals surface area contributed by atoms with Crippen molar-refractivity contribution in [2.45, 2.75) is 6.42 Å². The Morgan fingerprint density at radius 1 is 1.54 bits per heavy atom. The zero-order chi connectivity index (χ0) is 9.84. The molecule has 2 nitrogen and oxygen atoms in total. The molecule has 0 radical (unpaired) electrons. The highest BCUT2D eigenvalue weighted by Gasteiger charge is 2.09. The molecule has 0 aliphatic heterocycles. The SMILES string of the molecule is O=C(CCO)c1cc(Br)ccc1Cl. The molecule has 0 unspecified atom stereocenters. The van der Waals surface area contributed by atoms with Gasteiger partial charge in [0.1, 0.15) is 0 Å². The summed E-state index contributed by atoms with van der Waals surface area (Å²) in [6, 6.07) is 5.06. The predicted octanol–water partition coefficient (Wildman–Crippen LogP) is 2.67. The van der Waals surface area contributed by atoms with E-state index in [0.29, 0.717) is 10.6 Å². The number of Topliss-reactive ketones (excluding diaryl/α,β-unsaturated/α-hetero) is 1. The second kappa shape index (κ2) is 4.74. The van der Waals surface area contributed by atoms with Crippen LogP contribution in [0.2, 0.25) is 5.02 Å². The van der Waals surface area contributed by atoms with Gasteiger partial charge in [-0.15, -0.1) is 0 Å². The van der Waals surface area contributed by atoms with Gasteiger partial charge in [0.25, 0.3) is 0 Å². The summed E-state index contributed by atoms with van der Waals surface area (Å²) in [5, 5.41) is 9.00. The Bertz CT molecular complexity index is 325. The van der Waals surface area contributed by atoms with Gasteiger partial charge < -0.3 is 5.11 Å². The Labute approximate surface area is 89.7 Å². The van der Waals surface area contributed by atoms with E-state index in [1.165, 1.54) is 0 Å². The molecule has 1 aromatic rings. The number of rotatable bonds is 3. The molecule has 0 spiro atoms. The molecule has 0 saturated heterocycles. The minimum absolute atomic E-state index is 0.107. The van der Waals surface area contributed by atoms with Crippen molar-refractivity contribution in [1.29, 1.82) is 0 Å². The van der Waals surface area contributed by atoms with Crippen LogP contribution in [0.3, 0.4) is 0 Å². The van der Waals surface area contributed by atoms with Crippen LogP contribution in [0, 0.1) is 0 Å². The summed E-state index contributed by atoms with van der Waals surface area (Å²) < 4.78 is 0.804. The van der Waals surface area contributed by atoms with E-state index in [4.69, 9.17) is 16.7 Å². The van der Waals surface area contributed by atoms with Gasteiger partial charge in [0, 0.05) is 16.5 Å². The quantitative estimate of drug-likeness (QED) is 0.851. The summed E-state index contributed by atoms with van der Waals surface area (Å²) in [6.45, 7) is -0.151. The van der Waals surface area contributed by atoms with Gasteiger partial charge in [0.15, 0.2) is 5.78 Å². The molecule has 0 aliphatic carbocycles. The second-order valence-electron chi connectivity index (χ2n) is 2.52. The largest absolute Gasteiger partial charge is 0.396 e. The maximum atomic E-state index is 11.4. The molecule has 0 amide bonds. The third kappa shape index (κ3) is 2.79. The minimum Gasteiger partial charge on any atom is -0.396 e. The van der Waals surface area contributed by atoms with Crippen molar-refractivity contribution in [2.24, 2.45) is 0 Å². The standard InChI is InChI=1S/C9H8BrClO2/c10-6-1-2-8(11)7(5-6)9(13)3-4-12/h1-2,5,12H,3-4H2. The Morgan fingerprint density at radius 2 is 2.23 bits per heavy atom. The predicted molar refractivity (Wildman–Crippen MR) is 55.2 cm³/mol. The Hall–Kier alpha value is -0.380. The van der Waals surface area contributed by atoms with Crippen LogP contribution in [0.1, 0.15) is 16.8 Å². The van der Waals surface area contributed by atoms with Crippen LogP contribution >= 0.6 is 27.5 Å². The lowest BCUT2D eigenvalue weighted by atomic mass is 10.1. The van der Waals surface area contributed by atoms with Crippen molar-refractivity contribution < 1.29 is 9.90 Å². The van der Waals surface area contributed by atoms with E-state index in [-0.39, 0.29) is 18.8 Å². The fourth-order valence-corrected chi connectivity index (χ4v) is 1.53. The maximum Gasteiger partial charge on any atom is 0.166 e. The van der Waals surface area contributed by atoms with Crippen molar-refractivity contribution in [3.8, 4) is 0 Å². The molecule has 0 fully saturated rings. The summed E-state index contributed by atoms with van der Waals surface area (Å²) in [6.07, 6.45) is 0.107. The maximum absolute atomic E-state index is 11.4. The molecule has 0 aliphatic rings. The minimum atomic E-state index is -0.151. The van der Waals surface area contributed by atoms with Gasteiger partial charge in [-0.3, -0.25) is 4.79 Å². The topological polar surface area (TPSA) is 37.3 Å². The van der Waals surface area contributed by atoms with E-state index in [1.807, 2.05) is 0 Å². The molecular formula is C9H8BrClO2. The highest BCUT2D eigenvalue weighted by atomic mass is 79.9. The molecule has 0 aromatic heterocycles. The average molecular weight is 264 g/mol. The zero-order valence-corrected chi connectivity index (χ0v) is 9.10. The van der Waals surface area contributed by atoms with Gasteiger partial charge in [-0.25, -0.2) is 0 Å². The Morgan fingerprint density at radius 3 is 2.85 bits per heavy atom. The lowest BCUT2D eigenvalue weighted by Gasteiger charge is -2.02. The second-order valence-corrected chi connectivity index (χ2v) is 3.84. The van der Waals surface area contributed by atoms with Gasteiger partial charge >= 0.3 is 0 Å². The smallest absolute Gasteiger partial charge is 0.166 e. The van der Waals surface area contributed by atoms with Crippen molar-refractivity contribution in [3.63, 3.8) is 0 Å². The van der Waals surface area contributed by atoms with Crippen LogP contribution in [0.5, 0.6) is 0 Å². The molecule has 1 N–H and O–H groups in total.